The molecule has 0 bridgehead atoms. The van der Waals surface area contributed by atoms with Gasteiger partial charge in [0, 0.05) is 19.6 Å². The Morgan fingerprint density at radius 3 is 0.587 bits per heavy atom. The summed E-state index contributed by atoms with van der Waals surface area (Å²) in [6.45, 7) is 14.5. The van der Waals surface area contributed by atoms with E-state index in [-0.39, 0.29) is 54.6 Å². The van der Waals surface area contributed by atoms with Crippen LogP contribution in [0.4, 0.5) is 0 Å². The van der Waals surface area contributed by atoms with Gasteiger partial charge in [0.15, 0.2) is 0 Å². The fourth-order valence-corrected chi connectivity index (χ4v) is 6.88. The Balaban J connectivity index is -0.00000220. The molecule has 0 N–H and O–H groups in total. The van der Waals surface area contributed by atoms with Crippen LogP contribution in [0.2, 0.25) is 0 Å². The SMILES string of the molecule is CCCCCCCCCCCCN1CN(CCCCCCCCCCCC)CN(CCCCCCCCCCCC)C1.[Cl-].[Cl-].[Cl-].[Cr+3]. The molecule has 3 nitrogen and oxygen atoms in total. The van der Waals surface area contributed by atoms with Gasteiger partial charge in [0.1, 0.15) is 0 Å². The molecular formula is C39H81Cl3CrN3. The Bertz CT molecular complexity index is 455. The van der Waals surface area contributed by atoms with Crippen molar-refractivity contribution in [1.82, 2.24) is 14.7 Å². The molecule has 1 aliphatic rings. The average molecular weight is 750 g/mol. The van der Waals surface area contributed by atoms with Crippen LogP contribution < -0.4 is 37.2 Å². The number of hydrogen-bond acceptors (Lipinski definition) is 3. The molecule has 46 heavy (non-hydrogen) atoms. The fraction of sp³-hybridized carbons (Fsp3) is 1.00. The molecule has 1 fully saturated rings. The van der Waals surface area contributed by atoms with E-state index in [9.17, 15) is 0 Å². The summed E-state index contributed by atoms with van der Waals surface area (Å²) in [7, 11) is 0. The molecule has 1 aliphatic heterocycles. The Morgan fingerprint density at radius 2 is 0.413 bits per heavy atom. The minimum Gasteiger partial charge on any atom is -1.00 e. The fourth-order valence-electron chi connectivity index (χ4n) is 6.88. The minimum atomic E-state index is 0. The molecule has 7 heteroatoms. The average Bonchev–Trinajstić information content (AvgIpc) is 3.00. The molecule has 1 radical (unpaired) electrons. The molecule has 1 rings (SSSR count). The van der Waals surface area contributed by atoms with Gasteiger partial charge in [0.25, 0.3) is 0 Å². The number of nitrogens with zero attached hydrogens (tertiary/aromatic N) is 3. The molecule has 0 unspecified atom stereocenters. The summed E-state index contributed by atoms with van der Waals surface area (Å²) in [5.74, 6) is 0. The normalized spacial score (nSPS) is 13.9. The van der Waals surface area contributed by atoms with Gasteiger partial charge < -0.3 is 37.2 Å². The maximum atomic E-state index is 2.78. The zero-order chi connectivity index (χ0) is 30.2. The molecule has 0 aromatic heterocycles. The summed E-state index contributed by atoms with van der Waals surface area (Å²) >= 11 is 0. The third kappa shape index (κ3) is 36.6. The van der Waals surface area contributed by atoms with E-state index in [1.165, 1.54) is 232 Å². The van der Waals surface area contributed by atoms with Crippen molar-refractivity contribution in [1.29, 1.82) is 0 Å². The van der Waals surface area contributed by atoms with Crippen LogP contribution in [-0.2, 0) is 17.4 Å². The van der Waals surface area contributed by atoms with E-state index in [1.807, 2.05) is 0 Å². The molecule has 0 saturated carbocycles. The quantitative estimate of drug-likeness (QED) is 0.0952. The van der Waals surface area contributed by atoms with Gasteiger partial charge in [-0.05, 0) is 19.3 Å². The van der Waals surface area contributed by atoms with Crippen LogP contribution in [0.3, 0.4) is 0 Å². The monoisotopic (exact) mass is 748 g/mol. The summed E-state index contributed by atoms with van der Waals surface area (Å²) in [4.78, 5) is 8.34. The largest absolute Gasteiger partial charge is 3.00 e. The van der Waals surface area contributed by atoms with Crippen LogP contribution in [0.15, 0.2) is 0 Å². The van der Waals surface area contributed by atoms with Crippen LogP contribution in [0.5, 0.6) is 0 Å². The summed E-state index contributed by atoms with van der Waals surface area (Å²) in [5.41, 5.74) is 0. The number of rotatable bonds is 33. The van der Waals surface area contributed by atoms with Gasteiger partial charge >= 0.3 is 17.4 Å². The van der Waals surface area contributed by atoms with Crippen LogP contribution >= 0.6 is 0 Å². The Labute approximate surface area is 320 Å². The molecule has 0 spiro atoms. The van der Waals surface area contributed by atoms with Crippen LogP contribution in [0, 0.1) is 0 Å². The van der Waals surface area contributed by atoms with Gasteiger partial charge in [-0.2, -0.15) is 0 Å². The first kappa shape index (κ1) is 54.1. The first-order valence-electron chi connectivity index (χ1n) is 20.0. The smallest absolute Gasteiger partial charge is 1.00 e. The first-order chi connectivity index (χ1) is 20.8. The topological polar surface area (TPSA) is 9.72 Å². The molecular weight excluding hydrogens is 669 g/mol. The van der Waals surface area contributed by atoms with Gasteiger partial charge in [0.05, 0.1) is 20.0 Å². The van der Waals surface area contributed by atoms with E-state index in [1.54, 1.807) is 0 Å². The summed E-state index contributed by atoms with van der Waals surface area (Å²) in [5, 5.41) is 0. The van der Waals surface area contributed by atoms with E-state index < -0.39 is 0 Å². The predicted octanol–water partition coefficient (Wildman–Crippen LogP) is 3.55. The van der Waals surface area contributed by atoms with Crippen molar-refractivity contribution in [2.45, 2.75) is 213 Å². The number of halogens is 3. The minimum absolute atomic E-state index is 0. The van der Waals surface area contributed by atoms with Crippen molar-refractivity contribution in [3.05, 3.63) is 0 Å². The molecule has 0 atom stereocenters. The van der Waals surface area contributed by atoms with Gasteiger partial charge in [-0.3, -0.25) is 14.7 Å². The van der Waals surface area contributed by atoms with Gasteiger partial charge in [-0.15, -0.1) is 0 Å². The Morgan fingerprint density at radius 1 is 0.261 bits per heavy atom. The second-order valence-electron chi connectivity index (χ2n) is 14.2. The van der Waals surface area contributed by atoms with Crippen LogP contribution in [0.1, 0.15) is 213 Å². The third-order valence-electron chi connectivity index (χ3n) is 9.68. The summed E-state index contributed by atoms with van der Waals surface area (Å²) in [6.07, 6.45) is 43.2. The van der Waals surface area contributed by atoms with Crippen molar-refractivity contribution >= 4 is 0 Å². The number of unbranched alkanes of at least 4 members (excludes halogenated alkanes) is 27. The molecule has 0 amide bonds. The van der Waals surface area contributed by atoms with Crippen molar-refractivity contribution in [2.75, 3.05) is 39.6 Å². The molecule has 1 heterocycles. The summed E-state index contributed by atoms with van der Waals surface area (Å²) in [6, 6.07) is 0. The molecule has 1 saturated heterocycles. The van der Waals surface area contributed by atoms with Crippen LogP contribution in [-0.4, -0.2) is 54.3 Å². The van der Waals surface area contributed by atoms with Crippen molar-refractivity contribution in [3.8, 4) is 0 Å². The second-order valence-corrected chi connectivity index (χ2v) is 14.2. The third-order valence-corrected chi connectivity index (χ3v) is 9.68. The Kier molecular flexibility index (Phi) is 52.1. The van der Waals surface area contributed by atoms with Crippen molar-refractivity contribution in [2.24, 2.45) is 0 Å². The number of hydrogen-bond donors (Lipinski definition) is 0. The van der Waals surface area contributed by atoms with E-state index in [4.69, 9.17) is 0 Å². The first-order valence-corrected chi connectivity index (χ1v) is 20.0. The van der Waals surface area contributed by atoms with Crippen LogP contribution in [0.25, 0.3) is 0 Å². The molecule has 0 aliphatic carbocycles. The van der Waals surface area contributed by atoms with E-state index in [2.05, 4.69) is 35.5 Å². The van der Waals surface area contributed by atoms with Crippen molar-refractivity contribution in [3.63, 3.8) is 0 Å². The molecule has 0 aromatic carbocycles. The van der Waals surface area contributed by atoms with Gasteiger partial charge in [-0.25, -0.2) is 0 Å². The van der Waals surface area contributed by atoms with E-state index in [0.717, 1.165) is 0 Å². The van der Waals surface area contributed by atoms with Gasteiger partial charge in [0.2, 0.25) is 0 Å². The predicted molar refractivity (Wildman–Crippen MR) is 190 cm³/mol. The van der Waals surface area contributed by atoms with Crippen molar-refractivity contribution < 1.29 is 54.6 Å². The maximum Gasteiger partial charge on any atom is 3.00 e. The molecule has 279 valence electrons. The molecule has 0 aromatic rings. The zero-order valence-electron chi connectivity index (χ0n) is 31.3. The summed E-state index contributed by atoms with van der Waals surface area (Å²) < 4.78 is 0. The zero-order valence-corrected chi connectivity index (χ0v) is 34.9. The van der Waals surface area contributed by atoms with Gasteiger partial charge in [-0.1, -0.05) is 194 Å². The van der Waals surface area contributed by atoms with E-state index >= 15 is 0 Å². The maximum absolute atomic E-state index is 2.78. The van der Waals surface area contributed by atoms with E-state index in [0.29, 0.717) is 0 Å². The second kappa shape index (κ2) is 44.3. The Hall–Kier alpha value is 1.28. The standard InChI is InChI=1S/C39H81N3.3ClH.Cr/c1-4-7-10-13-16-19-22-25-28-31-34-40-37-41(35-32-29-26-23-20-17-14-11-8-5-2)39-42(38-40)36-33-30-27-24-21-18-15-12-9-6-3;;;;/h4-39H2,1-3H3;3*1H;/q;;;;+3/p-3.